The summed E-state index contributed by atoms with van der Waals surface area (Å²) < 4.78 is 6.19. The number of hydrogen-bond acceptors (Lipinski definition) is 4. The molecule has 1 aliphatic rings. The lowest BCUT2D eigenvalue weighted by Gasteiger charge is -2.27. The van der Waals surface area contributed by atoms with Crippen LogP contribution >= 0.6 is 27.5 Å². The van der Waals surface area contributed by atoms with E-state index in [0.717, 1.165) is 31.7 Å². The molecule has 0 atom stereocenters. The van der Waals surface area contributed by atoms with E-state index >= 15 is 0 Å². The van der Waals surface area contributed by atoms with E-state index in [2.05, 4.69) is 20.9 Å². The molecule has 0 bridgehead atoms. The third kappa shape index (κ3) is 3.92. The first-order chi connectivity index (χ1) is 11.5. The minimum atomic E-state index is 0.00766. The zero-order chi connectivity index (χ0) is 17.1. The topological polar surface area (TPSA) is 49.6 Å². The van der Waals surface area contributed by atoms with Crippen LogP contribution in [-0.2, 0) is 6.54 Å². The summed E-state index contributed by atoms with van der Waals surface area (Å²) in [4.78, 5) is 20.7. The van der Waals surface area contributed by atoms with E-state index in [-0.39, 0.29) is 5.91 Å². The van der Waals surface area contributed by atoms with Crippen molar-refractivity contribution in [2.24, 2.45) is 0 Å². The third-order valence-electron chi connectivity index (χ3n) is 4.10. The van der Waals surface area contributed by atoms with Gasteiger partial charge >= 0.3 is 0 Å². The van der Waals surface area contributed by atoms with Crippen molar-refractivity contribution in [3.05, 3.63) is 45.4 Å². The maximum atomic E-state index is 12.5. The summed E-state index contributed by atoms with van der Waals surface area (Å²) >= 11 is 9.65. The van der Waals surface area contributed by atoms with Gasteiger partial charge in [-0.25, -0.2) is 4.98 Å². The molecule has 5 nitrogen and oxygen atoms in total. The highest BCUT2D eigenvalue weighted by Crippen LogP contribution is 2.26. The Labute approximate surface area is 154 Å². The number of rotatable bonds is 4. The number of piperidine rings is 1. The number of carbonyl (C=O) groups excluding carboxylic acids is 1. The Hall–Kier alpha value is -1.53. The van der Waals surface area contributed by atoms with Crippen molar-refractivity contribution < 1.29 is 9.21 Å². The van der Waals surface area contributed by atoms with E-state index in [4.69, 9.17) is 16.0 Å². The average Bonchev–Trinajstić information content (AvgIpc) is 2.99. The van der Waals surface area contributed by atoms with Gasteiger partial charge in [0.1, 0.15) is 11.6 Å². The quantitative estimate of drug-likeness (QED) is 0.749. The highest BCUT2D eigenvalue weighted by molar-refractivity contribution is 9.10. The van der Waals surface area contributed by atoms with Crippen LogP contribution in [0.5, 0.6) is 0 Å². The first-order valence-corrected chi connectivity index (χ1v) is 9.12. The Bertz CT molecular complexity index is 728. The summed E-state index contributed by atoms with van der Waals surface area (Å²) in [5, 5.41) is 0.464. The molecule has 2 aromatic heterocycles. The average molecular weight is 413 g/mol. The van der Waals surface area contributed by atoms with Gasteiger partial charge in [0.15, 0.2) is 4.67 Å². The molecule has 0 aliphatic carbocycles. The van der Waals surface area contributed by atoms with Gasteiger partial charge in [0, 0.05) is 26.3 Å². The molecule has 2 aromatic rings. The van der Waals surface area contributed by atoms with E-state index < -0.39 is 0 Å². The van der Waals surface area contributed by atoms with Crippen LogP contribution in [0.3, 0.4) is 0 Å². The van der Waals surface area contributed by atoms with Gasteiger partial charge in [-0.2, -0.15) is 0 Å². The maximum Gasteiger partial charge on any atom is 0.255 e. The second kappa shape index (κ2) is 7.57. The Morgan fingerprint density at radius 2 is 2.12 bits per heavy atom. The van der Waals surface area contributed by atoms with E-state index in [1.165, 1.54) is 6.42 Å². The summed E-state index contributed by atoms with van der Waals surface area (Å²) in [7, 11) is 1.89. The van der Waals surface area contributed by atoms with Gasteiger partial charge in [0.25, 0.3) is 5.91 Å². The molecule has 0 spiro atoms. The monoisotopic (exact) mass is 411 g/mol. The molecule has 128 valence electrons. The van der Waals surface area contributed by atoms with Crippen LogP contribution in [0.25, 0.3) is 0 Å². The molecule has 0 aromatic carbocycles. The molecule has 7 heteroatoms. The minimum Gasteiger partial charge on any atom is -0.452 e. The normalized spacial score (nSPS) is 14.7. The van der Waals surface area contributed by atoms with Crippen molar-refractivity contribution in [2.45, 2.75) is 25.8 Å². The lowest BCUT2D eigenvalue weighted by molar-refractivity contribution is 0.0724. The summed E-state index contributed by atoms with van der Waals surface area (Å²) in [5.74, 6) is 1.43. The number of hydrogen-bond donors (Lipinski definition) is 0. The molecule has 1 aliphatic heterocycles. The Balaban J connectivity index is 1.72. The number of anilines is 1. The lowest BCUT2D eigenvalue weighted by atomic mass is 10.1. The third-order valence-corrected chi connectivity index (χ3v) is 4.80. The standard InChI is InChI=1S/C17H19BrClN3O2/c1-21(11-13-5-6-15(18)24-13)16-14(19)9-12(10-20-16)17(23)22-7-3-2-4-8-22/h5-6,9-10H,2-4,7-8,11H2,1H3. The predicted molar refractivity (Wildman–Crippen MR) is 97.5 cm³/mol. The fraction of sp³-hybridized carbons (Fsp3) is 0.412. The Kier molecular flexibility index (Phi) is 5.46. The fourth-order valence-electron chi connectivity index (χ4n) is 2.85. The molecule has 0 N–H and O–H groups in total. The molecular formula is C17H19BrClN3O2. The van der Waals surface area contributed by atoms with Gasteiger partial charge in [0.2, 0.25) is 0 Å². The minimum absolute atomic E-state index is 0.00766. The highest BCUT2D eigenvalue weighted by Gasteiger charge is 2.20. The number of halogens is 2. The molecule has 24 heavy (non-hydrogen) atoms. The fourth-order valence-corrected chi connectivity index (χ4v) is 3.50. The van der Waals surface area contributed by atoms with Crippen molar-refractivity contribution >= 4 is 39.3 Å². The van der Waals surface area contributed by atoms with E-state index in [0.29, 0.717) is 27.6 Å². The van der Waals surface area contributed by atoms with Crippen molar-refractivity contribution in [1.82, 2.24) is 9.88 Å². The van der Waals surface area contributed by atoms with Crippen LogP contribution in [0, 0.1) is 0 Å². The van der Waals surface area contributed by atoms with Crippen LogP contribution in [0.4, 0.5) is 5.82 Å². The van der Waals surface area contributed by atoms with Crippen molar-refractivity contribution in [3.8, 4) is 0 Å². The zero-order valence-electron chi connectivity index (χ0n) is 13.5. The van der Waals surface area contributed by atoms with Gasteiger partial charge in [-0.3, -0.25) is 4.79 Å². The van der Waals surface area contributed by atoms with E-state index in [1.807, 2.05) is 29.0 Å². The molecule has 1 amide bonds. The molecule has 0 unspecified atom stereocenters. The van der Waals surface area contributed by atoms with Gasteiger partial charge in [-0.1, -0.05) is 11.6 Å². The zero-order valence-corrected chi connectivity index (χ0v) is 15.8. The molecule has 3 rings (SSSR count). The first kappa shape index (κ1) is 17.3. The summed E-state index contributed by atoms with van der Waals surface area (Å²) in [5.41, 5.74) is 0.541. The highest BCUT2D eigenvalue weighted by atomic mass is 79.9. The van der Waals surface area contributed by atoms with Crippen LogP contribution in [-0.4, -0.2) is 35.9 Å². The number of carbonyl (C=O) groups is 1. The van der Waals surface area contributed by atoms with Gasteiger partial charge < -0.3 is 14.2 Å². The number of pyridine rings is 1. The van der Waals surface area contributed by atoms with Crippen LogP contribution in [0.2, 0.25) is 5.02 Å². The van der Waals surface area contributed by atoms with Crippen LogP contribution < -0.4 is 4.90 Å². The second-order valence-electron chi connectivity index (χ2n) is 5.94. The van der Waals surface area contributed by atoms with E-state index in [9.17, 15) is 4.79 Å². The summed E-state index contributed by atoms with van der Waals surface area (Å²) in [6.45, 7) is 2.16. The smallest absolute Gasteiger partial charge is 0.255 e. The Morgan fingerprint density at radius 3 is 2.75 bits per heavy atom. The SMILES string of the molecule is CN(Cc1ccc(Br)o1)c1ncc(C(=O)N2CCCCC2)cc1Cl. The van der Waals surface area contributed by atoms with Gasteiger partial charge in [0.05, 0.1) is 17.1 Å². The Morgan fingerprint density at radius 1 is 1.38 bits per heavy atom. The molecule has 0 saturated carbocycles. The number of furan rings is 1. The van der Waals surface area contributed by atoms with Crippen LogP contribution in [0.1, 0.15) is 35.4 Å². The molecular weight excluding hydrogens is 394 g/mol. The van der Waals surface area contributed by atoms with E-state index in [1.54, 1.807) is 12.3 Å². The largest absolute Gasteiger partial charge is 0.452 e. The van der Waals surface area contributed by atoms with Gasteiger partial charge in [-0.05, 0) is 53.4 Å². The van der Waals surface area contributed by atoms with Gasteiger partial charge in [-0.15, -0.1) is 0 Å². The number of amides is 1. The number of aromatic nitrogens is 1. The van der Waals surface area contributed by atoms with Crippen molar-refractivity contribution in [3.63, 3.8) is 0 Å². The van der Waals surface area contributed by atoms with Crippen molar-refractivity contribution in [2.75, 3.05) is 25.0 Å². The lowest BCUT2D eigenvalue weighted by Crippen LogP contribution is -2.35. The first-order valence-electron chi connectivity index (χ1n) is 7.95. The molecule has 1 fully saturated rings. The summed E-state index contributed by atoms with van der Waals surface area (Å²) in [6, 6.07) is 5.44. The van der Waals surface area contributed by atoms with Crippen LogP contribution in [0.15, 0.2) is 33.5 Å². The number of likely N-dealkylation sites (tertiary alicyclic amines) is 1. The predicted octanol–water partition coefficient (Wildman–Crippen LogP) is 4.35. The molecule has 0 radical (unpaired) electrons. The van der Waals surface area contributed by atoms with Crippen molar-refractivity contribution in [1.29, 1.82) is 0 Å². The second-order valence-corrected chi connectivity index (χ2v) is 7.13. The summed E-state index contributed by atoms with van der Waals surface area (Å²) in [6.07, 6.45) is 4.92. The maximum absolute atomic E-state index is 12.5. The molecule has 1 saturated heterocycles. The number of nitrogens with zero attached hydrogens (tertiary/aromatic N) is 3. The molecule has 3 heterocycles.